The van der Waals surface area contributed by atoms with E-state index in [1.807, 2.05) is 26.8 Å². The topological polar surface area (TPSA) is 52.6 Å². The van der Waals surface area contributed by atoms with Crippen LogP contribution in [-0.4, -0.2) is 30.2 Å². The Morgan fingerprint density at radius 1 is 1.35 bits per heavy atom. The molecule has 1 aliphatic heterocycles. The third kappa shape index (κ3) is 4.93. The van der Waals surface area contributed by atoms with Crippen LogP contribution in [0, 0.1) is 18.2 Å². The Hall–Kier alpha value is -1.62. The van der Waals surface area contributed by atoms with E-state index in [-0.39, 0.29) is 23.1 Å². The van der Waals surface area contributed by atoms with Crippen molar-refractivity contribution >= 4 is 17.3 Å². The Balaban J connectivity index is 2.13. The van der Waals surface area contributed by atoms with Gasteiger partial charge in [0.1, 0.15) is 5.82 Å². The number of anilines is 2. The van der Waals surface area contributed by atoms with Crippen LogP contribution in [0.15, 0.2) is 12.1 Å². The molecular formula is C18H27FN2O2. The van der Waals surface area contributed by atoms with Crippen LogP contribution < -0.4 is 10.2 Å². The van der Waals surface area contributed by atoms with Crippen LogP contribution in [0.5, 0.6) is 0 Å². The van der Waals surface area contributed by atoms with Crippen molar-refractivity contribution in [1.29, 1.82) is 0 Å². The molecule has 0 atom stereocenters. The van der Waals surface area contributed by atoms with Gasteiger partial charge < -0.3 is 15.3 Å². The van der Waals surface area contributed by atoms with Gasteiger partial charge in [-0.25, -0.2) is 4.39 Å². The van der Waals surface area contributed by atoms with Gasteiger partial charge in [-0.15, -0.1) is 0 Å². The normalized spacial score (nSPS) is 16.5. The van der Waals surface area contributed by atoms with Crippen molar-refractivity contribution in [3.63, 3.8) is 0 Å². The molecule has 1 aromatic rings. The summed E-state index contributed by atoms with van der Waals surface area (Å²) in [5.74, 6) is -0.582. The summed E-state index contributed by atoms with van der Waals surface area (Å²) in [5, 5.41) is 12.3. The molecule has 1 aromatic carbocycles. The van der Waals surface area contributed by atoms with E-state index in [4.69, 9.17) is 0 Å². The van der Waals surface area contributed by atoms with E-state index >= 15 is 0 Å². The molecule has 1 heterocycles. The molecule has 0 radical (unpaired) electrons. The fourth-order valence-electron chi connectivity index (χ4n) is 2.86. The molecule has 2 rings (SSSR count). The van der Waals surface area contributed by atoms with Gasteiger partial charge in [-0.2, -0.15) is 0 Å². The van der Waals surface area contributed by atoms with Crippen molar-refractivity contribution in [2.24, 2.45) is 5.41 Å². The maximum atomic E-state index is 14.4. The number of aliphatic hydroxyl groups is 1. The smallest absolute Gasteiger partial charge is 0.224 e. The molecule has 4 nitrogen and oxygen atoms in total. The van der Waals surface area contributed by atoms with Crippen molar-refractivity contribution < 1.29 is 14.3 Å². The molecule has 0 aliphatic carbocycles. The Kier molecular flexibility index (Phi) is 5.30. The first kappa shape index (κ1) is 17.7. The highest BCUT2D eigenvalue weighted by Crippen LogP contribution is 2.29. The summed E-state index contributed by atoms with van der Waals surface area (Å²) >= 11 is 0. The summed E-state index contributed by atoms with van der Waals surface area (Å²) in [4.78, 5) is 14.1. The number of halogens is 1. The lowest BCUT2D eigenvalue weighted by Crippen LogP contribution is -2.35. The average Bonchev–Trinajstić information content (AvgIpc) is 2.41. The summed E-state index contributed by atoms with van der Waals surface area (Å²) in [6.07, 6.45) is 1.49. The van der Waals surface area contributed by atoms with E-state index in [0.717, 1.165) is 18.8 Å². The first-order valence-electron chi connectivity index (χ1n) is 8.19. The predicted molar refractivity (Wildman–Crippen MR) is 91.3 cm³/mol. The van der Waals surface area contributed by atoms with Gasteiger partial charge in [0, 0.05) is 25.2 Å². The summed E-state index contributed by atoms with van der Waals surface area (Å²) in [7, 11) is 0. The van der Waals surface area contributed by atoms with Gasteiger partial charge in [-0.1, -0.05) is 20.8 Å². The fraction of sp³-hybridized carbons (Fsp3) is 0.611. The van der Waals surface area contributed by atoms with E-state index in [0.29, 0.717) is 24.8 Å². The maximum Gasteiger partial charge on any atom is 0.224 e. The number of amides is 1. The zero-order valence-corrected chi connectivity index (χ0v) is 14.4. The molecule has 1 amide bonds. The van der Waals surface area contributed by atoms with Gasteiger partial charge in [-0.3, -0.25) is 4.79 Å². The molecule has 5 heteroatoms. The van der Waals surface area contributed by atoms with Gasteiger partial charge in [0.15, 0.2) is 0 Å². The van der Waals surface area contributed by atoms with Gasteiger partial charge in [0.25, 0.3) is 0 Å². The largest absolute Gasteiger partial charge is 0.393 e. The first-order valence-corrected chi connectivity index (χ1v) is 8.19. The number of benzene rings is 1. The standard InChI is InChI=1S/C18H27FN2O2/c1-12-9-13(21-7-5-14(22)6-8-21)10-15(19)17(12)20-16(23)11-18(2,3)4/h9-10,14,22H,5-8,11H2,1-4H3,(H,20,23). The van der Waals surface area contributed by atoms with Crippen molar-refractivity contribution in [1.82, 2.24) is 0 Å². The summed E-state index contributed by atoms with van der Waals surface area (Å²) in [6.45, 7) is 9.17. The Bertz CT molecular complexity index is 550. The SMILES string of the molecule is Cc1cc(N2CCC(O)CC2)cc(F)c1NC(=O)CC(C)(C)C. The minimum absolute atomic E-state index is 0.136. The number of hydrogen-bond acceptors (Lipinski definition) is 3. The van der Waals surface area contributed by atoms with Crippen molar-refractivity contribution in [3.05, 3.63) is 23.5 Å². The van der Waals surface area contributed by atoms with Crippen LogP contribution in [0.2, 0.25) is 0 Å². The number of carbonyl (C=O) groups excluding carboxylic acids is 1. The first-order chi connectivity index (χ1) is 10.7. The monoisotopic (exact) mass is 322 g/mol. The second-order valence-electron chi connectivity index (χ2n) is 7.62. The van der Waals surface area contributed by atoms with E-state index < -0.39 is 5.82 Å². The highest BCUT2D eigenvalue weighted by Gasteiger charge is 2.21. The predicted octanol–water partition coefficient (Wildman–Crippen LogP) is 3.47. The van der Waals surface area contributed by atoms with Gasteiger partial charge in [-0.05, 0) is 42.9 Å². The van der Waals surface area contributed by atoms with Gasteiger partial charge >= 0.3 is 0 Å². The zero-order chi connectivity index (χ0) is 17.2. The Morgan fingerprint density at radius 3 is 2.48 bits per heavy atom. The van der Waals surface area contributed by atoms with Gasteiger partial charge in [0.2, 0.25) is 5.91 Å². The average molecular weight is 322 g/mol. The summed E-state index contributed by atoms with van der Waals surface area (Å²) < 4.78 is 14.4. The third-order valence-electron chi connectivity index (χ3n) is 4.06. The summed E-state index contributed by atoms with van der Waals surface area (Å²) in [5.41, 5.74) is 1.65. The lowest BCUT2D eigenvalue weighted by Gasteiger charge is -2.32. The molecule has 23 heavy (non-hydrogen) atoms. The molecule has 2 N–H and O–H groups in total. The molecule has 0 saturated carbocycles. The van der Waals surface area contributed by atoms with Crippen LogP contribution >= 0.6 is 0 Å². The molecule has 0 spiro atoms. The number of nitrogens with one attached hydrogen (secondary N) is 1. The van der Waals surface area contributed by atoms with Crippen LogP contribution in [0.4, 0.5) is 15.8 Å². The van der Waals surface area contributed by atoms with Crippen molar-refractivity contribution in [2.45, 2.75) is 53.1 Å². The second-order valence-corrected chi connectivity index (χ2v) is 7.62. The van der Waals surface area contributed by atoms with Crippen LogP contribution in [0.1, 0.15) is 45.6 Å². The lowest BCUT2D eigenvalue weighted by atomic mass is 9.92. The van der Waals surface area contributed by atoms with E-state index in [1.54, 1.807) is 6.92 Å². The highest BCUT2D eigenvalue weighted by atomic mass is 19.1. The quantitative estimate of drug-likeness (QED) is 0.896. The molecule has 128 valence electrons. The number of piperidine rings is 1. The Labute approximate surface area is 137 Å². The molecule has 1 fully saturated rings. The van der Waals surface area contributed by atoms with Crippen LogP contribution in [0.25, 0.3) is 0 Å². The maximum absolute atomic E-state index is 14.4. The fourth-order valence-corrected chi connectivity index (χ4v) is 2.86. The molecule has 1 aliphatic rings. The molecular weight excluding hydrogens is 295 g/mol. The van der Waals surface area contributed by atoms with Crippen molar-refractivity contribution in [3.8, 4) is 0 Å². The Morgan fingerprint density at radius 2 is 1.96 bits per heavy atom. The number of hydrogen-bond donors (Lipinski definition) is 2. The third-order valence-corrected chi connectivity index (χ3v) is 4.06. The molecule has 0 aromatic heterocycles. The van der Waals surface area contributed by atoms with Crippen LogP contribution in [0.3, 0.4) is 0 Å². The molecule has 0 bridgehead atoms. The molecule has 0 unspecified atom stereocenters. The number of nitrogens with zero attached hydrogens (tertiary/aromatic N) is 1. The highest BCUT2D eigenvalue weighted by molar-refractivity contribution is 5.92. The van der Waals surface area contributed by atoms with E-state index in [9.17, 15) is 14.3 Å². The minimum Gasteiger partial charge on any atom is -0.393 e. The molecule has 1 saturated heterocycles. The lowest BCUT2D eigenvalue weighted by molar-refractivity contribution is -0.117. The second kappa shape index (κ2) is 6.87. The summed E-state index contributed by atoms with van der Waals surface area (Å²) in [6, 6.07) is 3.37. The number of aryl methyl sites for hydroxylation is 1. The van der Waals surface area contributed by atoms with Gasteiger partial charge in [0.05, 0.1) is 11.8 Å². The zero-order valence-electron chi connectivity index (χ0n) is 14.4. The van der Waals surface area contributed by atoms with Crippen LogP contribution in [-0.2, 0) is 4.79 Å². The minimum atomic E-state index is -0.409. The van der Waals surface area contributed by atoms with E-state index in [1.165, 1.54) is 6.07 Å². The number of rotatable bonds is 3. The van der Waals surface area contributed by atoms with E-state index in [2.05, 4.69) is 10.2 Å². The number of aliphatic hydroxyl groups excluding tert-OH is 1. The number of carbonyl (C=O) groups is 1. The van der Waals surface area contributed by atoms with Crippen molar-refractivity contribution in [2.75, 3.05) is 23.3 Å².